The minimum atomic E-state index is -0.0800. The van der Waals surface area contributed by atoms with Crippen LogP contribution in [0.1, 0.15) is 34.3 Å². The molecule has 1 fully saturated rings. The van der Waals surface area contributed by atoms with Gasteiger partial charge in [-0.15, -0.1) is 0 Å². The van der Waals surface area contributed by atoms with Crippen LogP contribution in [-0.4, -0.2) is 30.4 Å². The largest absolute Gasteiger partial charge is 0.497 e. The lowest BCUT2D eigenvalue weighted by atomic mass is 10.1. The number of carbonyl (C=O) groups excluding carboxylic acids is 2. The van der Waals surface area contributed by atoms with E-state index >= 15 is 0 Å². The number of amides is 2. The van der Waals surface area contributed by atoms with E-state index in [2.05, 4.69) is 0 Å². The summed E-state index contributed by atoms with van der Waals surface area (Å²) in [5, 5.41) is 0. The van der Waals surface area contributed by atoms with Crippen LogP contribution >= 0.6 is 0 Å². The fourth-order valence-corrected chi connectivity index (χ4v) is 3.86. The molecule has 5 heteroatoms. The summed E-state index contributed by atoms with van der Waals surface area (Å²) >= 11 is 0. The second kappa shape index (κ2) is 9.47. The number of rotatable bonds is 7. The van der Waals surface area contributed by atoms with E-state index in [9.17, 15) is 9.59 Å². The molecule has 1 saturated heterocycles. The summed E-state index contributed by atoms with van der Waals surface area (Å²) in [6.07, 6.45) is 1.51. The number of nitrogens with zero attached hydrogens (tertiary/aromatic N) is 2. The molecule has 0 spiro atoms. The maximum Gasteiger partial charge on any atom is 0.258 e. The van der Waals surface area contributed by atoms with Crippen molar-refractivity contribution < 1.29 is 14.3 Å². The van der Waals surface area contributed by atoms with Crippen molar-refractivity contribution in [3.8, 4) is 5.75 Å². The highest BCUT2D eigenvalue weighted by atomic mass is 16.5. The highest BCUT2D eigenvalue weighted by Gasteiger charge is 2.22. The van der Waals surface area contributed by atoms with E-state index in [-0.39, 0.29) is 11.8 Å². The molecule has 0 bridgehead atoms. The van der Waals surface area contributed by atoms with Gasteiger partial charge in [-0.1, -0.05) is 42.5 Å². The van der Waals surface area contributed by atoms with E-state index in [0.29, 0.717) is 25.1 Å². The fraction of sp³-hybridized carbons (Fsp3) is 0.231. The number of ether oxygens (including phenoxy) is 1. The lowest BCUT2D eigenvalue weighted by Crippen LogP contribution is -2.30. The molecule has 0 N–H and O–H groups in total. The van der Waals surface area contributed by atoms with Gasteiger partial charge in [-0.3, -0.25) is 9.59 Å². The van der Waals surface area contributed by atoms with Crippen LogP contribution < -0.4 is 9.64 Å². The van der Waals surface area contributed by atoms with Crippen molar-refractivity contribution in [1.82, 2.24) is 4.90 Å². The summed E-state index contributed by atoms with van der Waals surface area (Å²) in [5.41, 5.74) is 3.42. The molecule has 1 heterocycles. The normalized spacial score (nSPS) is 13.3. The fourth-order valence-electron chi connectivity index (χ4n) is 3.86. The Morgan fingerprint density at radius 2 is 1.71 bits per heavy atom. The summed E-state index contributed by atoms with van der Waals surface area (Å²) in [5.74, 6) is 0.845. The summed E-state index contributed by atoms with van der Waals surface area (Å²) in [7, 11) is 1.62. The molecule has 158 valence electrons. The molecule has 1 aliphatic heterocycles. The Labute approximate surface area is 182 Å². The van der Waals surface area contributed by atoms with Gasteiger partial charge >= 0.3 is 0 Å². The molecule has 0 aliphatic carbocycles. The Morgan fingerprint density at radius 1 is 0.968 bits per heavy atom. The zero-order valence-corrected chi connectivity index (χ0v) is 17.7. The van der Waals surface area contributed by atoms with Gasteiger partial charge in [0.2, 0.25) is 5.91 Å². The summed E-state index contributed by atoms with van der Waals surface area (Å²) in [6, 6.07) is 25.0. The average Bonchev–Trinajstić information content (AvgIpc) is 3.22. The third-order valence-electron chi connectivity index (χ3n) is 5.53. The van der Waals surface area contributed by atoms with Gasteiger partial charge < -0.3 is 14.5 Å². The highest BCUT2D eigenvalue weighted by molar-refractivity contribution is 6.06. The number of likely N-dealkylation sites (tertiary alicyclic amines) is 1. The van der Waals surface area contributed by atoms with Crippen molar-refractivity contribution in [3.05, 3.63) is 95.6 Å². The van der Waals surface area contributed by atoms with Crippen LogP contribution in [-0.2, 0) is 17.9 Å². The minimum absolute atomic E-state index is 0.0800. The van der Waals surface area contributed by atoms with Gasteiger partial charge in [0.25, 0.3) is 5.91 Å². The number of benzene rings is 3. The topological polar surface area (TPSA) is 49.9 Å². The predicted molar refractivity (Wildman–Crippen MR) is 121 cm³/mol. The van der Waals surface area contributed by atoms with Gasteiger partial charge in [-0.05, 0) is 53.9 Å². The van der Waals surface area contributed by atoms with Crippen LogP contribution in [0.15, 0.2) is 78.9 Å². The predicted octanol–water partition coefficient (Wildman–Crippen LogP) is 4.66. The monoisotopic (exact) mass is 414 g/mol. The first-order valence-corrected chi connectivity index (χ1v) is 10.5. The Kier molecular flexibility index (Phi) is 6.32. The van der Waals surface area contributed by atoms with Crippen molar-refractivity contribution >= 4 is 17.5 Å². The molecule has 3 aromatic rings. The van der Waals surface area contributed by atoms with Crippen molar-refractivity contribution in [2.75, 3.05) is 18.6 Å². The van der Waals surface area contributed by atoms with E-state index in [1.165, 1.54) is 0 Å². The van der Waals surface area contributed by atoms with Gasteiger partial charge in [-0.2, -0.15) is 0 Å². The second-order valence-corrected chi connectivity index (χ2v) is 7.69. The minimum Gasteiger partial charge on any atom is -0.497 e. The summed E-state index contributed by atoms with van der Waals surface area (Å²) in [4.78, 5) is 29.2. The van der Waals surface area contributed by atoms with Gasteiger partial charge in [-0.25, -0.2) is 0 Å². The lowest BCUT2D eigenvalue weighted by molar-refractivity contribution is -0.128. The Morgan fingerprint density at radius 3 is 2.39 bits per heavy atom. The van der Waals surface area contributed by atoms with Crippen LogP contribution in [0, 0.1) is 0 Å². The molecule has 0 radical (unpaired) electrons. The number of carbonyl (C=O) groups is 2. The highest BCUT2D eigenvalue weighted by Crippen LogP contribution is 2.24. The van der Waals surface area contributed by atoms with Crippen LogP contribution in [0.5, 0.6) is 5.75 Å². The Bertz CT molecular complexity index is 1050. The molecule has 31 heavy (non-hydrogen) atoms. The van der Waals surface area contributed by atoms with Crippen LogP contribution in [0.4, 0.5) is 5.69 Å². The van der Waals surface area contributed by atoms with E-state index in [1.807, 2.05) is 83.8 Å². The van der Waals surface area contributed by atoms with Gasteiger partial charge in [0.1, 0.15) is 5.75 Å². The zero-order chi connectivity index (χ0) is 21.6. The molecule has 0 unspecified atom stereocenters. The second-order valence-electron chi connectivity index (χ2n) is 7.69. The van der Waals surface area contributed by atoms with Crippen LogP contribution in [0.25, 0.3) is 0 Å². The number of anilines is 1. The lowest BCUT2D eigenvalue weighted by Gasteiger charge is -2.24. The van der Waals surface area contributed by atoms with E-state index < -0.39 is 0 Å². The maximum absolute atomic E-state index is 13.6. The smallest absolute Gasteiger partial charge is 0.258 e. The first-order valence-electron chi connectivity index (χ1n) is 10.5. The molecule has 4 rings (SSSR count). The van der Waals surface area contributed by atoms with E-state index in [0.717, 1.165) is 35.5 Å². The first-order chi connectivity index (χ1) is 15.1. The van der Waals surface area contributed by atoms with Crippen molar-refractivity contribution in [2.45, 2.75) is 25.9 Å². The number of methoxy groups -OCH3 is 1. The zero-order valence-electron chi connectivity index (χ0n) is 17.7. The molecule has 2 amide bonds. The van der Waals surface area contributed by atoms with Gasteiger partial charge in [0, 0.05) is 30.8 Å². The first kappa shape index (κ1) is 20.7. The molecule has 5 nitrogen and oxygen atoms in total. The molecule has 0 saturated carbocycles. The molecular weight excluding hydrogens is 388 g/mol. The van der Waals surface area contributed by atoms with Crippen molar-refractivity contribution in [3.63, 3.8) is 0 Å². The summed E-state index contributed by atoms with van der Waals surface area (Å²) < 4.78 is 5.26. The third-order valence-corrected chi connectivity index (χ3v) is 5.53. The van der Waals surface area contributed by atoms with Gasteiger partial charge in [0.15, 0.2) is 0 Å². The Balaban J connectivity index is 1.61. The SMILES string of the molecule is COc1ccc(N(Cc2ccccc2)C(=O)c2cccc(CN3CCCC3=O)c2)cc1. The molecule has 1 aliphatic rings. The Hall–Kier alpha value is -3.60. The van der Waals surface area contributed by atoms with E-state index in [1.54, 1.807) is 12.0 Å². The van der Waals surface area contributed by atoms with E-state index in [4.69, 9.17) is 4.74 Å². The van der Waals surface area contributed by atoms with Crippen LogP contribution in [0.3, 0.4) is 0 Å². The van der Waals surface area contributed by atoms with Crippen molar-refractivity contribution in [1.29, 1.82) is 0 Å². The average molecular weight is 415 g/mol. The standard InChI is InChI=1S/C26H26N2O3/c1-31-24-14-12-23(13-15-24)28(19-20-7-3-2-4-8-20)26(30)22-10-5-9-21(17-22)18-27-16-6-11-25(27)29/h2-5,7-10,12-15,17H,6,11,16,18-19H2,1H3. The molecule has 3 aromatic carbocycles. The maximum atomic E-state index is 13.6. The van der Waals surface area contributed by atoms with Gasteiger partial charge in [0.05, 0.1) is 13.7 Å². The molecular formula is C26H26N2O3. The summed E-state index contributed by atoms with van der Waals surface area (Å²) in [6.45, 7) is 1.78. The molecule has 0 aromatic heterocycles. The van der Waals surface area contributed by atoms with Crippen molar-refractivity contribution in [2.24, 2.45) is 0 Å². The molecule has 0 atom stereocenters. The number of hydrogen-bond donors (Lipinski definition) is 0. The third kappa shape index (κ3) is 4.94. The quantitative estimate of drug-likeness (QED) is 0.565. The van der Waals surface area contributed by atoms with Crippen LogP contribution in [0.2, 0.25) is 0 Å². The number of hydrogen-bond acceptors (Lipinski definition) is 3.